The van der Waals surface area contributed by atoms with Crippen LogP contribution in [0, 0.1) is 5.92 Å². The Morgan fingerprint density at radius 2 is 2.04 bits per heavy atom. The number of hydrogen-bond acceptors (Lipinski definition) is 5. The molecule has 0 aromatic carbocycles. The smallest absolute Gasteiger partial charge is 0.191 e. The van der Waals surface area contributed by atoms with Gasteiger partial charge in [-0.15, -0.1) is 0 Å². The van der Waals surface area contributed by atoms with Gasteiger partial charge in [0.1, 0.15) is 0 Å². The molecule has 0 aromatic heterocycles. The topological polar surface area (TPSA) is 67.4 Å². The molecule has 1 saturated heterocycles. The molecule has 0 spiro atoms. The fourth-order valence-electron chi connectivity index (χ4n) is 2.52. The highest BCUT2D eigenvalue weighted by Gasteiger charge is 2.15. The van der Waals surface area contributed by atoms with Gasteiger partial charge in [0.2, 0.25) is 0 Å². The molecule has 1 heterocycles. The minimum absolute atomic E-state index is 0.591. The first-order chi connectivity index (χ1) is 11.8. The Kier molecular flexibility index (Phi) is 12.7. The molecule has 1 aliphatic heterocycles. The number of hydrogen-bond donors (Lipinski definition) is 2. The first-order valence-corrected chi connectivity index (χ1v) is 9.03. The molecule has 0 bridgehead atoms. The number of rotatable bonds is 13. The van der Waals surface area contributed by atoms with Crippen molar-refractivity contribution in [3.05, 3.63) is 0 Å². The zero-order chi connectivity index (χ0) is 17.5. The second-order valence-electron chi connectivity index (χ2n) is 6.23. The first-order valence-electron chi connectivity index (χ1n) is 9.03. The van der Waals surface area contributed by atoms with Gasteiger partial charge in [-0.1, -0.05) is 0 Å². The van der Waals surface area contributed by atoms with E-state index in [0.717, 1.165) is 84.4 Å². The molecule has 142 valence electrons. The number of likely N-dealkylation sites (N-methyl/N-ethyl adjacent to an activating group) is 1. The highest BCUT2D eigenvalue weighted by atomic mass is 16.5. The third kappa shape index (κ3) is 10.8. The summed E-state index contributed by atoms with van der Waals surface area (Å²) in [4.78, 5) is 6.53. The molecule has 0 aromatic rings. The van der Waals surface area contributed by atoms with Crippen LogP contribution in [-0.4, -0.2) is 91.3 Å². The molecule has 24 heavy (non-hydrogen) atoms. The van der Waals surface area contributed by atoms with Crippen LogP contribution >= 0.6 is 0 Å². The van der Waals surface area contributed by atoms with E-state index in [2.05, 4.69) is 27.6 Å². The molecule has 1 fully saturated rings. The molecule has 7 nitrogen and oxygen atoms in total. The number of guanidine groups is 1. The summed E-state index contributed by atoms with van der Waals surface area (Å²) in [5.74, 6) is 1.44. The minimum atomic E-state index is 0.591. The molecule has 0 aliphatic carbocycles. The van der Waals surface area contributed by atoms with Crippen LogP contribution in [0.4, 0.5) is 0 Å². The van der Waals surface area contributed by atoms with E-state index in [0.29, 0.717) is 5.92 Å². The molecule has 2 N–H and O–H groups in total. The van der Waals surface area contributed by atoms with E-state index >= 15 is 0 Å². The second kappa shape index (κ2) is 14.5. The molecule has 0 radical (unpaired) electrons. The normalized spacial score (nSPS) is 18.3. The van der Waals surface area contributed by atoms with E-state index in [4.69, 9.17) is 14.2 Å². The van der Waals surface area contributed by atoms with E-state index in [9.17, 15) is 0 Å². The second-order valence-corrected chi connectivity index (χ2v) is 6.23. The number of aliphatic imine (C=N–C) groups is 1. The Balaban J connectivity index is 1.94. The van der Waals surface area contributed by atoms with E-state index < -0.39 is 0 Å². The molecular formula is C17H36N4O3. The average molecular weight is 345 g/mol. The van der Waals surface area contributed by atoms with Gasteiger partial charge in [-0.05, 0) is 26.3 Å². The first kappa shape index (κ1) is 21.2. The summed E-state index contributed by atoms with van der Waals surface area (Å²) in [6.07, 6.45) is 3.17. The molecule has 1 aliphatic rings. The summed E-state index contributed by atoms with van der Waals surface area (Å²) in [6, 6.07) is 0. The van der Waals surface area contributed by atoms with E-state index in [-0.39, 0.29) is 0 Å². The van der Waals surface area contributed by atoms with Crippen LogP contribution in [0.5, 0.6) is 0 Å². The zero-order valence-electron chi connectivity index (χ0n) is 15.7. The maximum Gasteiger partial charge on any atom is 0.191 e. The van der Waals surface area contributed by atoms with Crippen LogP contribution in [0.15, 0.2) is 4.99 Å². The molecule has 7 heteroatoms. The van der Waals surface area contributed by atoms with E-state index in [1.165, 1.54) is 0 Å². The summed E-state index contributed by atoms with van der Waals surface area (Å²) >= 11 is 0. The third-order valence-electron chi connectivity index (χ3n) is 4.03. The average Bonchev–Trinajstić information content (AvgIpc) is 3.10. The highest BCUT2D eigenvalue weighted by molar-refractivity contribution is 5.79. The van der Waals surface area contributed by atoms with Crippen molar-refractivity contribution >= 4 is 5.96 Å². The Labute approximate surface area is 147 Å². The van der Waals surface area contributed by atoms with Crippen molar-refractivity contribution in [1.82, 2.24) is 15.5 Å². The van der Waals surface area contributed by atoms with Gasteiger partial charge in [0.15, 0.2) is 5.96 Å². The van der Waals surface area contributed by atoms with Crippen molar-refractivity contribution in [3.63, 3.8) is 0 Å². The number of nitrogens with zero attached hydrogens (tertiary/aromatic N) is 2. The Morgan fingerprint density at radius 1 is 1.21 bits per heavy atom. The van der Waals surface area contributed by atoms with Crippen molar-refractivity contribution in [1.29, 1.82) is 0 Å². The zero-order valence-corrected chi connectivity index (χ0v) is 15.7. The fourth-order valence-corrected chi connectivity index (χ4v) is 2.52. The van der Waals surface area contributed by atoms with Gasteiger partial charge in [-0.2, -0.15) is 0 Å². The predicted octanol–water partition coefficient (Wildman–Crippen LogP) is 0.563. The SMILES string of the molecule is CN=C(NCCCOCC1CCOC1)NCCN(C)CCCOC. The van der Waals surface area contributed by atoms with Crippen LogP contribution in [0.2, 0.25) is 0 Å². The molecule has 0 saturated carbocycles. The molecular weight excluding hydrogens is 308 g/mol. The van der Waals surface area contributed by atoms with Crippen molar-refractivity contribution in [2.24, 2.45) is 10.9 Å². The largest absolute Gasteiger partial charge is 0.385 e. The maximum atomic E-state index is 5.70. The molecule has 1 rings (SSSR count). The van der Waals surface area contributed by atoms with Crippen molar-refractivity contribution in [2.75, 3.05) is 80.4 Å². The Morgan fingerprint density at radius 3 is 2.75 bits per heavy atom. The lowest BCUT2D eigenvalue weighted by atomic mass is 10.1. The van der Waals surface area contributed by atoms with Gasteiger partial charge < -0.3 is 29.7 Å². The van der Waals surface area contributed by atoms with Gasteiger partial charge >= 0.3 is 0 Å². The minimum Gasteiger partial charge on any atom is -0.385 e. The van der Waals surface area contributed by atoms with Crippen molar-refractivity contribution in [2.45, 2.75) is 19.3 Å². The Bertz CT molecular complexity index is 323. The monoisotopic (exact) mass is 344 g/mol. The molecule has 0 amide bonds. The quantitative estimate of drug-likeness (QED) is 0.289. The Hall–Kier alpha value is -0.890. The van der Waals surface area contributed by atoms with Gasteiger partial charge in [0, 0.05) is 66.1 Å². The lowest BCUT2D eigenvalue weighted by Gasteiger charge is -2.18. The third-order valence-corrected chi connectivity index (χ3v) is 4.03. The number of ether oxygens (including phenoxy) is 3. The van der Waals surface area contributed by atoms with Gasteiger partial charge in [-0.25, -0.2) is 0 Å². The van der Waals surface area contributed by atoms with Crippen LogP contribution < -0.4 is 10.6 Å². The van der Waals surface area contributed by atoms with Crippen LogP contribution in [-0.2, 0) is 14.2 Å². The van der Waals surface area contributed by atoms with Crippen LogP contribution in [0.3, 0.4) is 0 Å². The van der Waals surface area contributed by atoms with Crippen molar-refractivity contribution < 1.29 is 14.2 Å². The van der Waals surface area contributed by atoms with Crippen molar-refractivity contribution in [3.8, 4) is 0 Å². The van der Waals surface area contributed by atoms with E-state index in [1.807, 2.05) is 0 Å². The summed E-state index contributed by atoms with van der Waals surface area (Å²) in [7, 11) is 5.67. The predicted molar refractivity (Wildman–Crippen MR) is 97.7 cm³/mol. The molecule has 1 unspecified atom stereocenters. The lowest BCUT2D eigenvalue weighted by Crippen LogP contribution is -2.41. The van der Waals surface area contributed by atoms with Gasteiger partial charge in [0.25, 0.3) is 0 Å². The summed E-state index contributed by atoms with van der Waals surface area (Å²) in [5.41, 5.74) is 0. The van der Waals surface area contributed by atoms with Crippen LogP contribution in [0.25, 0.3) is 0 Å². The standard InChI is InChI=1S/C17H36N4O3/c1-18-17(20-8-10-21(2)9-5-11-22-3)19-7-4-12-23-14-16-6-13-24-15-16/h16H,4-15H2,1-3H3,(H2,18,19,20). The summed E-state index contributed by atoms with van der Waals surface area (Å²) in [5, 5.41) is 6.65. The summed E-state index contributed by atoms with van der Waals surface area (Å²) < 4.78 is 16.1. The van der Waals surface area contributed by atoms with Crippen LogP contribution in [0.1, 0.15) is 19.3 Å². The molecule has 1 atom stereocenters. The number of nitrogens with one attached hydrogen (secondary N) is 2. The summed E-state index contributed by atoms with van der Waals surface area (Å²) in [6.45, 7) is 7.93. The van der Waals surface area contributed by atoms with Gasteiger partial charge in [0.05, 0.1) is 13.2 Å². The van der Waals surface area contributed by atoms with E-state index in [1.54, 1.807) is 14.2 Å². The number of methoxy groups -OCH3 is 1. The highest BCUT2D eigenvalue weighted by Crippen LogP contribution is 2.12. The maximum absolute atomic E-state index is 5.70. The lowest BCUT2D eigenvalue weighted by molar-refractivity contribution is 0.0888. The van der Waals surface area contributed by atoms with Gasteiger partial charge in [-0.3, -0.25) is 4.99 Å². The fraction of sp³-hybridized carbons (Fsp3) is 0.941.